The van der Waals surface area contributed by atoms with Crippen molar-refractivity contribution in [1.82, 2.24) is 5.32 Å². The molecule has 1 atom stereocenters. The van der Waals surface area contributed by atoms with Gasteiger partial charge in [0.1, 0.15) is 0 Å². The summed E-state index contributed by atoms with van der Waals surface area (Å²) in [4.78, 5) is 26.0. The van der Waals surface area contributed by atoms with E-state index in [0.717, 1.165) is 22.3 Å². The maximum absolute atomic E-state index is 13.2. The lowest BCUT2D eigenvalue weighted by Crippen LogP contribution is -2.29. The Morgan fingerprint density at radius 3 is 2.26 bits per heavy atom. The maximum Gasteiger partial charge on any atom is 0.291 e. The number of anilines is 1. The molecule has 0 saturated carbocycles. The van der Waals surface area contributed by atoms with Crippen LogP contribution in [0.25, 0.3) is 0 Å². The first-order chi connectivity index (χ1) is 15.0. The number of hydrogen-bond donors (Lipinski definition) is 2. The summed E-state index contributed by atoms with van der Waals surface area (Å²) in [5.74, 6) is -0.309. The fraction of sp³-hybridized carbons (Fsp3) is 0.120. The van der Waals surface area contributed by atoms with Gasteiger partial charge in [-0.25, -0.2) is 0 Å². The Kier molecular flexibility index (Phi) is 6.00. The summed E-state index contributed by atoms with van der Waals surface area (Å²) in [7, 11) is 0. The van der Waals surface area contributed by atoms with E-state index in [0.29, 0.717) is 9.88 Å². The lowest BCUT2D eigenvalue weighted by atomic mass is 9.97. The average molecular weight is 431 g/mol. The van der Waals surface area contributed by atoms with Crippen molar-refractivity contribution in [3.8, 4) is 0 Å². The van der Waals surface area contributed by atoms with Crippen LogP contribution in [0.4, 0.5) is 5.00 Å². The maximum atomic E-state index is 13.2. The van der Waals surface area contributed by atoms with E-state index in [1.54, 1.807) is 18.2 Å². The third-order valence-electron chi connectivity index (χ3n) is 4.92. The number of hydrogen-bond acceptors (Lipinski definition) is 4. The molecule has 0 bridgehead atoms. The molecule has 5 nitrogen and oxygen atoms in total. The van der Waals surface area contributed by atoms with Gasteiger partial charge >= 0.3 is 0 Å². The standard InChI is InChI=1S/C25H22N2O3S/c1-16-10-12-19(13-11-16)22(18-7-4-3-5-8-18)27-25(29)23-17(2)15-21(31-23)26-24(28)20-9-6-14-30-20/h3-15,22H,1-2H3,(H,26,28)(H,27,29). The molecule has 4 rings (SSSR count). The molecule has 0 aliphatic carbocycles. The van der Waals surface area contributed by atoms with Crippen molar-refractivity contribution in [3.05, 3.63) is 112 Å². The Morgan fingerprint density at radius 2 is 1.58 bits per heavy atom. The Balaban J connectivity index is 1.57. The fourth-order valence-electron chi connectivity index (χ4n) is 3.31. The van der Waals surface area contributed by atoms with Crippen molar-refractivity contribution < 1.29 is 14.0 Å². The van der Waals surface area contributed by atoms with E-state index in [1.165, 1.54) is 17.6 Å². The zero-order valence-electron chi connectivity index (χ0n) is 17.2. The second kappa shape index (κ2) is 9.02. The summed E-state index contributed by atoms with van der Waals surface area (Å²) in [5.41, 5.74) is 3.96. The second-order valence-electron chi connectivity index (χ2n) is 7.28. The minimum atomic E-state index is -0.347. The number of benzene rings is 2. The molecule has 0 saturated heterocycles. The normalized spacial score (nSPS) is 11.7. The van der Waals surface area contributed by atoms with Gasteiger partial charge in [0.15, 0.2) is 5.76 Å². The highest BCUT2D eigenvalue weighted by Crippen LogP contribution is 2.29. The topological polar surface area (TPSA) is 71.3 Å². The molecule has 2 aromatic heterocycles. The van der Waals surface area contributed by atoms with Gasteiger partial charge in [-0.3, -0.25) is 9.59 Å². The van der Waals surface area contributed by atoms with Gasteiger partial charge in [-0.15, -0.1) is 11.3 Å². The molecule has 6 heteroatoms. The molecule has 2 aromatic carbocycles. The zero-order valence-corrected chi connectivity index (χ0v) is 18.0. The average Bonchev–Trinajstić information content (AvgIpc) is 3.43. The summed E-state index contributed by atoms with van der Waals surface area (Å²) >= 11 is 1.24. The lowest BCUT2D eigenvalue weighted by Gasteiger charge is -2.20. The van der Waals surface area contributed by atoms with Crippen LogP contribution in [0.3, 0.4) is 0 Å². The molecule has 31 heavy (non-hydrogen) atoms. The van der Waals surface area contributed by atoms with Crippen molar-refractivity contribution in [1.29, 1.82) is 0 Å². The molecule has 0 spiro atoms. The van der Waals surface area contributed by atoms with Gasteiger partial charge in [0.25, 0.3) is 11.8 Å². The van der Waals surface area contributed by atoms with E-state index in [2.05, 4.69) is 10.6 Å². The Bertz CT molecular complexity index is 1180. The van der Waals surface area contributed by atoms with Crippen molar-refractivity contribution in [3.63, 3.8) is 0 Å². The molecular formula is C25H22N2O3S. The summed E-state index contributed by atoms with van der Waals surface area (Å²) in [6.07, 6.45) is 1.45. The van der Waals surface area contributed by atoms with Gasteiger partial charge in [-0.2, -0.15) is 0 Å². The molecule has 4 aromatic rings. The first kappa shape index (κ1) is 20.6. The molecular weight excluding hydrogens is 408 g/mol. The van der Waals surface area contributed by atoms with Gasteiger partial charge in [-0.05, 0) is 48.7 Å². The Hall–Kier alpha value is -3.64. The highest BCUT2D eigenvalue weighted by atomic mass is 32.1. The van der Waals surface area contributed by atoms with Crippen LogP contribution >= 0.6 is 11.3 Å². The monoisotopic (exact) mass is 430 g/mol. The molecule has 0 aliphatic rings. The van der Waals surface area contributed by atoms with Crippen LogP contribution in [0.5, 0.6) is 0 Å². The highest BCUT2D eigenvalue weighted by Gasteiger charge is 2.21. The summed E-state index contributed by atoms with van der Waals surface area (Å²) < 4.78 is 5.12. The van der Waals surface area contributed by atoms with E-state index in [4.69, 9.17) is 4.42 Å². The summed E-state index contributed by atoms with van der Waals surface area (Å²) in [6, 6.07) is 22.8. The van der Waals surface area contributed by atoms with Gasteiger partial charge < -0.3 is 15.1 Å². The van der Waals surface area contributed by atoms with Gasteiger partial charge in [0, 0.05) is 0 Å². The van der Waals surface area contributed by atoms with E-state index < -0.39 is 0 Å². The van der Waals surface area contributed by atoms with Crippen LogP contribution in [0.1, 0.15) is 48.5 Å². The van der Waals surface area contributed by atoms with Crippen molar-refractivity contribution in [2.45, 2.75) is 19.9 Å². The van der Waals surface area contributed by atoms with Gasteiger partial charge in [0.2, 0.25) is 0 Å². The second-order valence-corrected chi connectivity index (χ2v) is 8.33. The van der Waals surface area contributed by atoms with Crippen LogP contribution in [0.15, 0.2) is 83.5 Å². The van der Waals surface area contributed by atoms with Crippen molar-refractivity contribution in [2.75, 3.05) is 5.32 Å². The minimum absolute atomic E-state index is 0.185. The van der Waals surface area contributed by atoms with Crippen LogP contribution < -0.4 is 10.6 Å². The number of nitrogens with one attached hydrogen (secondary N) is 2. The fourth-order valence-corrected chi connectivity index (χ4v) is 4.28. The molecule has 2 heterocycles. The van der Waals surface area contributed by atoms with Crippen LogP contribution in [-0.4, -0.2) is 11.8 Å². The van der Waals surface area contributed by atoms with Crippen LogP contribution in [0.2, 0.25) is 0 Å². The molecule has 1 unspecified atom stereocenters. The smallest absolute Gasteiger partial charge is 0.291 e. The largest absolute Gasteiger partial charge is 0.459 e. The number of carbonyl (C=O) groups is 2. The number of rotatable bonds is 6. The predicted octanol–water partition coefficient (Wildman–Crippen LogP) is 5.73. The van der Waals surface area contributed by atoms with Crippen molar-refractivity contribution >= 4 is 28.2 Å². The first-order valence-corrected chi connectivity index (χ1v) is 10.7. The number of aryl methyl sites for hydroxylation is 2. The molecule has 2 amide bonds. The number of furan rings is 1. The van der Waals surface area contributed by atoms with E-state index >= 15 is 0 Å². The predicted molar refractivity (Wildman–Crippen MR) is 123 cm³/mol. The summed E-state index contributed by atoms with van der Waals surface area (Å²) in [5, 5.41) is 6.54. The molecule has 2 N–H and O–H groups in total. The molecule has 0 fully saturated rings. The SMILES string of the molecule is Cc1ccc(C(NC(=O)c2sc(NC(=O)c3ccco3)cc2C)c2ccccc2)cc1. The van der Waals surface area contributed by atoms with E-state index in [1.807, 2.05) is 68.4 Å². The number of thiophene rings is 1. The number of amides is 2. The first-order valence-electron chi connectivity index (χ1n) is 9.89. The Morgan fingerprint density at radius 1 is 0.871 bits per heavy atom. The molecule has 0 aliphatic heterocycles. The van der Waals surface area contributed by atoms with Crippen LogP contribution in [0, 0.1) is 13.8 Å². The lowest BCUT2D eigenvalue weighted by molar-refractivity contribution is 0.0945. The third-order valence-corrected chi connectivity index (χ3v) is 6.08. The molecule has 0 radical (unpaired) electrons. The van der Waals surface area contributed by atoms with E-state index in [9.17, 15) is 9.59 Å². The van der Waals surface area contributed by atoms with Crippen molar-refractivity contribution in [2.24, 2.45) is 0 Å². The molecule has 156 valence electrons. The third kappa shape index (κ3) is 4.75. The zero-order chi connectivity index (χ0) is 21.8. The Labute approximate surface area is 184 Å². The quantitative estimate of drug-likeness (QED) is 0.410. The minimum Gasteiger partial charge on any atom is -0.459 e. The van der Waals surface area contributed by atoms with Gasteiger partial charge in [0.05, 0.1) is 22.2 Å². The van der Waals surface area contributed by atoms with Gasteiger partial charge in [-0.1, -0.05) is 60.2 Å². The van der Waals surface area contributed by atoms with E-state index in [-0.39, 0.29) is 23.6 Å². The number of carbonyl (C=O) groups excluding carboxylic acids is 2. The van der Waals surface area contributed by atoms with Crippen LogP contribution in [-0.2, 0) is 0 Å². The summed E-state index contributed by atoms with van der Waals surface area (Å²) in [6.45, 7) is 3.89. The highest BCUT2D eigenvalue weighted by molar-refractivity contribution is 7.18.